The first-order valence-corrected chi connectivity index (χ1v) is 5.48. The number of rotatable bonds is 6. The molecular formula is C11H15F4NO3. The normalized spacial score (nSPS) is 13.9. The fraction of sp³-hybridized carbons (Fsp3) is 0.636. The van der Waals surface area contributed by atoms with Crippen LogP contribution in [0.4, 0.5) is 17.6 Å². The summed E-state index contributed by atoms with van der Waals surface area (Å²) in [7, 11) is 0.895. The van der Waals surface area contributed by atoms with Gasteiger partial charge in [-0.1, -0.05) is 0 Å². The van der Waals surface area contributed by atoms with Crippen molar-refractivity contribution >= 4 is 11.8 Å². The summed E-state index contributed by atoms with van der Waals surface area (Å²) in [5.74, 6) is -3.25. The van der Waals surface area contributed by atoms with Crippen LogP contribution in [0.1, 0.15) is 13.8 Å². The van der Waals surface area contributed by atoms with Crippen molar-refractivity contribution in [3.63, 3.8) is 0 Å². The van der Waals surface area contributed by atoms with Crippen LogP contribution in [0.2, 0.25) is 0 Å². The molecule has 0 aliphatic heterocycles. The maximum absolute atomic E-state index is 13.0. The standard InChI is InChI=1S/C11H15F4NO3/c1-4-16(5-2)6-7(10(18)19-3)8(17)9(12)11(13,14)15/h6,9H,4-5H2,1-3H3/b7-6-. The Labute approximate surface area is 108 Å². The zero-order chi connectivity index (χ0) is 15.2. The second-order valence-electron chi connectivity index (χ2n) is 3.52. The molecule has 0 aromatic rings. The number of ketones is 1. The number of hydrogen-bond donors (Lipinski definition) is 0. The molecule has 0 saturated heterocycles. The van der Waals surface area contributed by atoms with E-state index < -0.39 is 29.7 Å². The summed E-state index contributed by atoms with van der Waals surface area (Å²) in [6.45, 7) is 4.01. The van der Waals surface area contributed by atoms with Crippen LogP contribution >= 0.6 is 0 Å². The molecule has 1 atom stereocenters. The van der Waals surface area contributed by atoms with Gasteiger partial charge in [0.1, 0.15) is 5.57 Å². The molecule has 0 fully saturated rings. The predicted octanol–water partition coefficient (Wildman–Crippen LogP) is 1.85. The van der Waals surface area contributed by atoms with E-state index in [1.54, 1.807) is 13.8 Å². The highest BCUT2D eigenvalue weighted by molar-refractivity contribution is 6.19. The smallest absolute Gasteiger partial charge is 0.427 e. The Morgan fingerprint density at radius 3 is 2.05 bits per heavy atom. The van der Waals surface area contributed by atoms with Gasteiger partial charge in [-0.15, -0.1) is 0 Å². The number of methoxy groups -OCH3 is 1. The molecule has 0 rings (SSSR count). The number of carbonyl (C=O) groups excluding carboxylic acids is 2. The molecule has 0 aromatic heterocycles. The van der Waals surface area contributed by atoms with Gasteiger partial charge >= 0.3 is 12.1 Å². The number of nitrogens with zero attached hydrogens (tertiary/aromatic N) is 1. The van der Waals surface area contributed by atoms with Crippen molar-refractivity contribution in [2.24, 2.45) is 0 Å². The molecule has 0 heterocycles. The maximum Gasteiger partial charge on any atom is 0.427 e. The zero-order valence-corrected chi connectivity index (χ0v) is 10.8. The number of ether oxygens (including phenoxy) is 1. The highest BCUT2D eigenvalue weighted by atomic mass is 19.4. The van der Waals surface area contributed by atoms with Gasteiger partial charge in [0.05, 0.1) is 7.11 Å². The van der Waals surface area contributed by atoms with Gasteiger partial charge in [0.25, 0.3) is 6.17 Å². The van der Waals surface area contributed by atoms with Crippen molar-refractivity contribution in [2.45, 2.75) is 26.2 Å². The highest BCUT2D eigenvalue weighted by Crippen LogP contribution is 2.26. The van der Waals surface area contributed by atoms with E-state index in [1.807, 2.05) is 0 Å². The minimum absolute atomic E-state index is 0.341. The van der Waals surface area contributed by atoms with Gasteiger partial charge in [-0.3, -0.25) is 4.79 Å². The van der Waals surface area contributed by atoms with E-state index in [0.717, 1.165) is 13.3 Å². The SMILES string of the molecule is CCN(/C=C(\C(=O)OC)C(=O)C(F)C(F)(F)F)CC. The molecule has 0 aliphatic rings. The molecule has 8 heteroatoms. The molecular weight excluding hydrogens is 270 g/mol. The van der Waals surface area contributed by atoms with Crippen LogP contribution in [-0.2, 0) is 14.3 Å². The monoisotopic (exact) mass is 285 g/mol. The van der Waals surface area contributed by atoms with E-state index in [0.29, 0.717) is 13.1 Å². The van der Waals surface area contributed by atoms with Gasteiger partial charge in [0.15, 0.2) is 0 Å². The van der Waals surface area contributed by atoms with Gasteiger partial charge in [0, 0.05) is 19.3 Å². The first-order chi connectivity index (χ1) is 8.68. The lowest BCUT2D eigenvalue weighted by atomic mass is 10.1. The number of esters is 1. The van der Waals surface area contributed by atoms with Crippen molar-refractivity contribution in [3.05, 3.63) is 11.8 Å². The Kier molecular flexibility index (Phi) is 6.51. The van der Waals surface area contributed by atoms with Crippen LogP contribution in [0.3, 0.4) is 0 Å². The first-order valence-electron chi connectivity index (χ1n) is 5.48. The second-order valence-corrected chi connectivity index (χ2v) is 3.52. The number of carbonyl (C=O) groups is 2. The molecule has 1 unspecified atom stereocenters. The van der Waals surface area contributed by atoms with Crippen molar-refractivity contribution in [1.29, 1.82) is 0 Å². The van der Waals surface area contributed by atoms with Crippen molar-refractivity contribution < 1.29 is 31.9 Å². The van der Waals surface area contributed by atoms with E-state index in [4.69, 9.17) is 0 Å². The van der Waals surface area contributed by atoms with Crippen LogP contribution in [0.25, 0.3) is 0 Å². The average molecular weight is 285 g/mol. The van der Waals surface area contributed by atoms with Gasteiger partial charge < -0.3 is 9.64 Å². The maximum atomic E-state index is 13.0. The molecule has 0 N–H and O–H groups in total. The van der Waals surface area contributed by atoms with E-state index in [9.17, 15) is 27.2 Å². The largest absolute Gasteiger partial charge is 0.465 e. The van der Waals surface area contributed by atoms with Crippen LogP contribution in [0, 0.1) is 0 Å². The Morgan fingerprint density at radius 2 is 1.74 bits per heavy atom. The molecule has 0 aliphatic carbocycles. The minimum Gasteiger partial charge on any atom is -0.465 e. The summed E-state index contributed by atoms with van der Waals surface area (Å²) >= 11 is 0. The molecule has 19 heavy (non-hydrogen) atoms. The van der Waals surface area contributed by atoms with E-state index >= 15 is 0 Å². The quantitative estimate of drug-likeness (QED) is 0.246. The summed E-state index contributed by atoms with van der Waals surface area (Å²) < 4.78 is 53.6. The van der Waals surface area contributed by atoms with Gasteiger partial charge in [0.2, 0.25) is 5.78 Å². The summed E-state index contributed by atoms with van der Waals surface area (Å²) in [6.07, 6.45) is -8.21. The lowest BCUT2D eigenvalue weighted by molar-refractivity contribution is -0.183. The van der Waals surface area contributed by atoms with Crippen molar-refractivity contribution in [2.75, 3.05) is 20.2 Å². The summed E-state index contributed by atoms with van der Waals surface area (Å²) in [5.41, 5.74) is -0.962. The Hall–Kier alpha value is -1.60. The third-order valence-corrected chi connectivity index (χ3v) is 2.31. The summed E-state index contributed by atoms with van der Waals surface area (Å²) in [6, 6.07) is 0. The Bertz CT molecular complexity index is 361. The third kappa shape index (κ3) is 4.88. The van der Waals surface area contributed by atoms with Gasteiger partial charge in [-0.25, -0.2) is 9.18 Å². The molecule has 110 valence electrons. The molecule has 0 bridgehead atoms. The summed E-state index contributed by atoms with van der Waals surface area (Å²) in [4.78, 5) is 24.0. The molecule has 0 amide bonds. The fourth-order valence-electron chi connectivity index (χ4n) is 1.20. The number of Topliss-reactive ketones (excluding diaryl/α,β-unsaturated/α-hetero) is 1. The molecule has 0 radical (unpaired) electrons. The first kappa shape index (κ1) is 17.4. The second kappa shape index (κ2) is 7.10. The molecule has 0 saturated carbocycles. The van der Waals surface area contributed by atoms with E-state index in [2.05, 4.69) is 4.74 Å². The van der Waals surface area contributed by atoms with Crippen LogP contribution < -0.4 is 0 Å². The predicted molar refractivity (Wildman–Crippen MR) is 59.0 cm³/mol. The Balaban J connectivity index is 5.39. The zero-order valence-electron chi connectivity index (χ0n) is 10.8. The lowest BCUT2D eigenvalue weighted by Gasteiger charge is -2.18. The van der Waals surface area contributed by atoms with E-state index in [1.165, 1.54) is 4.90 Å². The fourth-order valence-corrected chi connectivity index (χ4v) is 1.20. The lowest BCUT2D eigenvalue weighted by Crippen LogP contribution is -2.36. The van der Waals surface area contributed by atoms with Crippen LogP contribution in [0.15, 0.2) is 11.8 Å². The molecule has 0 spiro atoms. The highest BCUT2D eigenvalue weighted by Gasteiger charge is 2.47. The van der Waals surface area contributed by atoms with Gasteiger partial charge in [-0.05, 0) is 13.8 Å². The van der Waals surface area contributed by atoms with Crippen LogP contribution in [-0.4, -0.2) is 49.2 Å². The number of halogens is 4. The number of alkyl halides is 4. The average Bonchev–Trinajstić information content (AvgIpc) is 2.36. The third-order valence-electron chi connectivity index (χ3n) is 2.31. The van der Waals surface area contributed by atoms with Crippen molar-refractivity contribution in [1.82, 2.24) is 4.90 Å². The summed E-state index contributed by atoms with van der Waals surface area (Å²) in [5, 5.41) is 0. The molecule has 4 nitrogen and oxygen atoms in total. The molecule has 0 aromatic carbocycles. The topological polar surface area (TPSA) is 46.6 Å². The van der Waals surface area contributed by atoms with E-state index in [-0.39, 0.29) is 0 Å². The minimum atomic E-state index is -5.35. The number of hydrogen-bond acceptors (Lipinski definition) is 4. The Morgan fingerprint density at radius 1 is 1.26 bits per heavy atom. The van der Waals surface area contributed by atoms with Gasteiger partial charge in [-0.2, -0.15) is 13.2 Å². The van der Waals surface area contributed by atoms with Crippen molar-refractivity contribution in [3.8, 4) is 0 Å². The van der Waals surface area contributed by atoms with Crippen LogP contribution in [0.5, 0.6) is 0 Å².